The number of likely N-dealkylation sites (N-methyl/N-ethyl adjacent to an activating group) is 1. The van der Waals surface area contributed by atoms with Crippen molar-refractivity contribution in [2.24, 2.45) is 0 Å². The van der Waals surface area contributed by atoms with E-state index in [-0.39, 0.29) is 17.7 Å². The van der Waals surface area contributed by atoms with Crippen molar-refractivity contribution in [3.8, 4) is 17.9 Å². The largest absolute Gasteiger partial charge is 0.506 e. The summed E-state index contributed by atoms with van der Waals surface area (Å²) in [4.78, 5) is 13.4. The minimum atomic E-state index is -1.21. The van der Waals surface area contributed by atoms with Crippen LogP contribution in [0.5, 0.6) is 5.75 Å². The number of nitrogens with zero attached hydrogens (tertiary/aromatic N) is 3. The lowest BCUT2D eigenvalue weighted by Crippen LogP contribution is -2.28. The lowest BCUT2D eigenvalue weighted by molar-refractivity contribution is -0.126. The Labute approximate surface area is 163 Å². The average Bonchev–Trinajstić information content (AvgIpc) is 2.68. The topological polar surface area (TPSA) is 108 Å². The molecule has 9 heteroatoms. The molecule has 2 rings (SSSR count). The van der Waals surface area contributed by atoms with Gasteiger partial charge in [0.2, 0.25) is 0 Å². The number of aliphatic hydroxyl groups excluding tert-OH is 1. The van der Waals surface area contributed by atoms with Crippen molar-refractivity contribution in [1.82, 2.24) is 4.90 Å². The van der Waals surface area contributed by atoms with Crippen LogP contribution in [-0.4, -0.2) is 28.1 Å². The molecule has 0 radical (unpaired) electrons. The second-order valence-electron chi connectivity index (χ2n) is 5.67. The number of hydrogen-bond donors (Lipinski definition) is 2. The number of benzene rings is 2. The molecule has 28 heavy (non-hydrogen) atoms. The molecule has 6 nitrogen and oxygen atoms in total. The monoisotopic (exact) mass is 403 g/mol. The molecule has 0 spiro atoms. The molecule has 0 aromatic heterocycles. The summed E-state index contributed by atoms with van der Waals surface area (Å²) in [5.41, 5.74) is -1.17. The summed E-state index contributed by atoms with van der Waals surface area (Å²) in [5, 5.41) is 37.0. The SMILES string of the molecule is CN(Cc1cc(C#N)ccc1F)C(=O)/C(C#N)=C(\O)c1ccc(O)c(Cl)c1F. The van der Waals surface area contributed by atoms with Gasteiger partial charge in [-0.15, -0.1) is 0 Å². The van der Waals surface area contributed by atoms with Gasteiger partial charge in [0.25, 0.3) is 5.91 Å². The lowest BCUT2D eigenvalue weighted by Gasteiger charge is -2.18. The van der Waals surface area contributed by atoms with Crippen molar-refractivity contribution in [3.05, 3.63) is 69.3 Å². The van der Waals surface area contributed by atoms with E-state index >= 15 is 0 Å². The molecule has 2 aromatic carbocycles. The number of amides is 1. The standard InChI is InChI=1S/C19H12ClF2N3O3/c1-25(9-11-6-10(7-23)2-4-14(11)21)19(28)13(8-24)18(27)12-3-5-15(26)16(20)17(12)22/h2-6,26-27H,9H2,1H3/b18-13-. The van der Waals surface area contributed by atoms with Crippen LogP contribution in [0.3, 0.4) is 0 Å². The molecule has 2 N–H and O–H groups in total. The zero-order chi connectivity index (χ0) is 21.0. The van der Waals surface area contributed by atoms with Gasteiger partial charge in [0.05, 0.1) is 17.2 Å². The molecule has 0 unspecified atom stereocenters. The molecule has 0 aliphatic rings. The van der Waals surface area contributed by atoms with E-state index < -0.39 is 45.2 Å². The van der Waals surface area contributed by atoms with Gasteiger partial charge in [-0.05, 0) is 30.3 Å². The van der Waals surface area contributed by atoms with Crippen molar-refractivity contribution < 1.29 is 23.8 Å². The van der Waals surface area contributed by atoms with Crippen LogP contribution in [0.25, 0.3) is 5.76 Å². The predicted octanol–water partition coefficient (Wildman–Crippen LogP) is 3.65. The molecule has 0 saturated heterocycles. The summed E-state index contributed by atoms with van der Waals surface area (Å²) in [6, 6.07) is 8.85. The van der Waals surface area contributed by atoms with Crippen LogP contribution in [-0.2, 0) is 11.3 Å². The highest BCUT2D eigenvalue weighted by atomic mass is 35.5. The fourth-order valence-electron chi connectivity index (χ4n) is 2.34. The van der Waals surface area contributed by atoms with Gasteiger partial charge in [-0.25, -0.2) is 8.78 Å². The van der Waals surface area contributed by atoms with E-state index in [4.69, 9.17) is 16.9 Å². The number of carbonyl (C=O) groups is 1. The lowest BCUT2D eigenvalue weighted by atomic mass is 10.1. The third-order valence-corrected chi connectivity index (χ3v) is 4.17. The second-order valence-corrected chi connectivity index (χ2v) is 6.05. The first-order valence-electron chi connectivity index (χ1n) is 7.65. The highest BCUT2D eigenvalue weighted by Crippen LogP contribution is 2.32. The maximum absolute atomic E-state index is 14.2. The number of nitriles is 2. The minimum Gasteiger partial charge on any atom is -0.506 e. The third-order valence-electron chi connectivity index (χ3n) is 3.81. The molecule has 0 atom stereocenters. The van der Waals surface area contributed by atoms with Gasteiger partial charge in [0.1, 0.15) is 28.4 Å². The highest BCUT2D eigenvalue weighted by Gasteiger charge is 2.24. The second kappa shape index (κ2) is 8.38. The maximum Gasteiger partial charge on any atom is 0.268 e. The van der Waals surface area contributed by atoms with Gasteiger partial charge in [0.15, 0.2) is 11.4 Å². The molecule has 0 fully saturated rings. The van der Waals surface area contributed by atoms with Crippen molar-refractivity contribution >= 4 is 23.3 Å². The molecular formula is C19H12ClF2N3O3. The van der Waals surface area contributed by atoms with Gasteiger partial charge in [0, 0.05) is 19.2 Å². The number of aliphatic hydroxyl groups is 1. The van der Waals surface area contributed by atoms with Crippen LogP contribution in [0.1, 0.15) is 16.7 Å². The Hall–Kier alpha value is -3.62. The molecule has 0 bridgehead atoms. The first-order valence-corrected chi connectivity index (χ1v) is 8.03. The summed E-state index contributed by atoms with van der Waals surface area (Å²) in [5.74, 6) is -4.45. The minimum absolute atomic E-state index is 0.0190. The van der Waals surface area contributed by atoms with Crippen molar-refractivity contribution in [1.29, 1.82) is 10.5 Å². The molecule has 0 aliphatic carbocycles. The van der Waals surface area contributed by atoms with E-state index in [1.54, 1.807) is 0 Å². The first kappa shape index (κ1) is 20.7. The summed E-state index contributed by atoms with van der Waals surface area (Å²) in [7, 11) is 1.24. The number of rotatable bonds is 4. The third kappa shape index (κ3) is 4.03. The Morgan fingerprint density at radius 1 is 1.25 bits per heavy atom. The van der Waals surface area contributed by atoms with E-state index in [1.165, 1.54) is 25.2 Å². The number of carbonyl (C=O) groups excluding carboxylic acids is 1. The Kier molecular flexibility index (Phi) is 6.19. The number of halogens is 3. The number of hydrogen-bond acceptors (Lipinski definition) is 5. The van der Waals surface area contributed by atoms with Crippen LogP contribution in [0.4, 0.5) is 8.78 Å². The normalized spacial score (nSPS) is 11.2. The Morgan fingerprint density at radius 3 is 2.54 bits per heavy atom. The number of phenols is 1. The van der Waals surface area contributed by atoms with Gasteiger partial charge in [-0.1, -0.05) is 11.6 Å². The fourth-order valence-corrected chi connectivity index (χ4v) is 2.51. The molecule has 142 valence electrons. The average molecular weight is 404 g/mol. The van der Waals surface area contributed by atoms with Crippen molar-refractivity contribution in [2.75, 3.05) is 7.05 Å². The summed E-state index contributed by atoms with van der Waals surface area (Å²) >= 11 is 5.57. The molecule has 2 aromatic rings. The van der Waals surface area contributed by atoms with Gasteiger partial charge < -0.3 is 15.1 Å². The van der Waals surface area contributed by atoms with E-state index in [2.05, 4.69) is 0 Å². The van der Waals surface area contributed by atoms with Crippen LogP contribution in [0.2, 0.25) is 5.02 Å². The quantitative estimate of drug-likeness (QED) is 0.460. The van der Waals surface area contributed by atoms with Crippen molar-refractivity contribution in [3.63, 3.8) is 0 Å². The molecular weight excluding hydrogens is 392 g/mol. The first-order chi connectivity index (χ1) is 13.2. The Bertz CT molecular complexity index is 1070. The summed E-state index contributed by atoms with van der Waals surface area (Å²) in [6.07, 6.45) is 0. The van der Waals surface area contributed by atoms with Crippen molar-refractivity contribution in [2.45, 2.75) is 6.54 Å². The van der Waals surface area contributed by atoms with Gasteiger partial charge >= 0.3 is 0 Å². The van der Waals surface area contributed by atoms with E-state index in [0.717, 1.165) is 23.1 Å². The Balaban J connectivity index is 2.40. The van der Waals surface area contributed by atoms with Crippen LogP contribution in [0.15, 0.2) is 35.9 Å². The number of aromatic hydroxyl groups is 1. The van der Waals surface area contributed by atoms with Gasteiger partial charge in [-0.2, -0.15) is 10.5 Å². The zero-order valence-corrected chi connectivity index (χ0v) is 15.1. The number of phenolic OH excluding ortho intramolecular Hbond substituents is 1. The molecule has 0 aliphatic heterocycles. The van der Waals surface area contributed by atoms with E-state index in [0.29, 0.717) is 0 Å². The predicted molar refractivity (Wildman–Crippen MR) is 95.8 cm³/mol. The summed E-state index contributed by atoms with van der Waals surface area (Å²) < 4.78 is 28.1. The molecule has 0 heterocycles. The van der Waals surface area contributed by atoms with Crippen LogP contribution >= 0.6 is 11.6 Å². The van der Waals surface area contributed by atoms with E-state index in [1.807, 2.05) is 6.07 Å². The van der Waals surface area contributed by atoms with Gasteiger partial charge in [-0.3, -0.25) is 4.79 Å². The molecule has 0 saturated carbocycles. The smallest absolute Gasteiger partial charge is 0.268 e. The summed E-state index contributed by atoms with van der Waals surface area (Å²) in [6.45, 7) is -0.308. The molecule has 1 amide bonds. The van der Waals surface area contributed by atoms with E-state index in [9.17, 15) is 29.1 Å². The van der Waals surface area contributed by atoms with Crippen LogP contribution in [0, 0.1) is 34.3 Å². The fraction of sp³-hybridized carbons (Fsp3) is 0.105. The highest BCUT2D eigenvalue weighted by molar-refractivity contribution is 6.32. The van der Waals surface area contributed by atoms with Crippen LogP contribution < -0.4 is 0 Å². The Morgan fingerprint density at radius 2 is 1.93 bits per heavy atom. The zero-order valence-electron chi connectivity index (χ0n) is 14.4. The maximum atomic E-state index is 14.2.